The molecule has 1 aliphatic heterocycles. The lowest BCUT2D eigenvalue weighted by Crippen LogP contribution is -2.15. The van der Waals surface area contributed by atoms with Gasteiger partial charge in [-0.05, 0) is 59.5 Å². The number of phenols is 1. The first-order valence-corrected chi connectivity index (χ1v) is 11.3. The Labute approximate surface area is 190 Å². The summed E-state index contributed by atoms with van der Waals surface area (Å²) in [6.45, 7) is 3.79. The van der Waals surface area contributed by atoms with Gasteiger partial charge in [0, 0.05) is 35.7 Å². The van der Waals surface area contributed by atoms with Crippen LogP contribution >= 0.6 is 11.8 Å². The molecule has 0 unspecified atom stereocenters. The molecule has 0 fully saturated rings. The van der Waals surface area contributed by atoms with E-state index in [2.05, 4.69) is 27.8 Å². The van der Waals surface area contributed by atoms with Crippen molar-refractivity contribution < 1.29 is 14.3 Å². The molecular formula is C25H21N3O3S. The summed E-state index contributed by atoms with van der Waals surface area (Å²) in [6.07, 6.45) is 6.81. The zero-order chi connectivity index (χ0) is 21.9. The molecule has 0 aliphatic carbocycles. The zero-order valence-corrected chi connectivity index (χ0v) is 18.1. The summed E-state index contributed by atoms with van der Waals surface area (Å²) in [5.74, 6) is 2.32. The van der Waals surface area contributed by atoms with Crippen molar-refractivity contribution in [1.29, 1.82) is 0 Å². The van der Waals surface area contributed by atoms with Gasteiger partial charge in [-0.2, -0.15) is 0 Å². The fraction of sp³-hybridized carbons (Fsp3) is 0.160. The molecule has 32 heavy (non-hydrogen) atoms. The van der Waals surface area contributed by atoms with E-state index in [4.69, 9.17) is 9.15 Å². The second-order valence-electron chi connectivity index (χ2n) is 7.53. The van der Waals surface area contributed by atoms with Crippen LogP contribution in [-0.2, 0) is 12.8 Å². The molecule has 0 amide bonds. The highest BCUT2D eigenvalue weighted by molar-refractivity contribution is 7.99. The fourth-order valence-corrected chi connectivity index (χ4v) is 4.48. The normalized spacial score (nSPS) is 14.7. The smallest absolute Gasteiger partial charge is 0.276 e. The molecule has 5 rings (SSSR count). The van der Waals surface area contributed by atoms with Gasteiger partial charge in [0.1, 0.15) is 17.6 Å². The van der Waals surface area contributed by atoms with Crippen LogP contribution in [0.25, 0.3) is 22.6 Å². The monoisotopic (exact) mass is 443 g/mol. The standard InChI is InChI=1S/C25H21N3O3S/c1-2-3-16-4-6-22(29)21(12-16)18-5-7-23-19(13-18)14-20(30-23)15-32-25-28-27-24(31-25)17-8-10-26-11-9-17/h2,4-13,20,29H,1,3,14-15H2/t20-/m0/s1. The minimum atomic E-state index is 0.0159. The van der Waals surface area contributed by atoms with Crippen molar-refractivity contribution in [1.82, 2.24) is 15.2 Å². The van der Waals surface area contributed by atoms with Gasteiger partial charge in [-0.3, -0.25) is 4.98 Å². The number of benzene rings is 2. The molecule has 0 bridgehead atoms. The van der Waals surface area contributed by atoms with E-state index in [9.17, 15) is 5.11 Å². The summed E-state index contributed by atoms with van der Waals surface area (Å²) in [7, 11) is 0. The summed E-state index contributed by atoms with van der Waals surface area (Å²) < 4.78 is 11.9. The largest absolute Gasteiger partial charge is 0.507 e. The number of phenolic OH excluding ortho intramolecular Hbond substituents is 1. The number of ether oxygens (including phenoxy) is 1. The number of allylic oxidation sites excluding steroid dienone is 1. The zero-order valence-electron chi connectivity index (χ0n) is 17.3. The number of nitrogens with zero attached hydrogens (tertiary/aromatic N) is 3. The molecule has 6 nitrogen and oxygen atoms in total. The quantitative estimate of drug-likeness (QED) is 0.305. The van der Waals surface area contributed by atoms with Crippen LogP contribution in [0, 0.1) is 0 Å². The predicted molar refractivity (Wildman–Crippen MR) is 124 cm³/mol. The molecule has 0 spiro atoms. The number of thioether (sulfide) groups is 1. The molecular weight excluding hydrogens is 422 g/mol. The highest BCUT2D eigenvalue weighted by Gasteiger charge is 2.25. The molecule has 2 aromatic carbocycles. The van der Waals surface area contributed by atoms with Crippen LogP contribution in [0.15, 0.2) is 83.2 Å². The van der Waals surface area contributed by atoms with Gasteiger partial charge in [0.15, 0.2) is 0 Å². The van der Waals surface area contributed by atoms with E-state index in [-0.39, 0.29) is 11.9 Å². The second-order valence-corrected chi connectivity index (χ2v) is 8.50. The third-order valence-corrected chi connectivity index (χ3v) is 6.23. The van der Waals surface area contributed by atoms with E-state index in [1.54, 1.807) is 18.5 Å². The van der Waals surface area contributed by atoms with E-state index < -0.39 is 0 Å². The summed E-state index contributed by atoms with van der Waals surface area (Å²) in [4.78, 5) is 4.00. The van der Waals surface area contributed by atoms with E-state index in [0.717, 1.165) is 46.4 Å². The summed E-state index contributed by atoms with van der Waals surface area (Å²) >= 11 is 1.48. The van der Waals surface area contributed by atoms with Gasteiger partial charge < -0.3 is 14.3 Å². The number of aromatic hydroxyl groups is 1. The Bertz CT molecular complexity index is 1260. The molecule has 0 saturated carbocycles. The number of aromatic nitrogens is 3. The number of hydrogen-bond donors (Lipinski definition) is 1. The highest BCUT2D eigenvalue weighted by atomic mass is 32.2. The minimum absolute atomic E-state index is 0.0159. The lowest BCUT2D eigenvalue weighted by molar-refractivity contribution is 0.259. The number of pyridine rings is 1. The van der Waals surface area contributed by atoms with Gasteiger partial charge in [0.2, 0.25) is 5.89 Å². The fourth-order valence-electron chi connectivity index (χ4n) is 3.73. The first kappa shape index (κ1) is 20.3. The van der Waals surface area contributed by atoms with E-state index in [1.165, 1.54) is 11.8 Å². The van der Waals surface area contributed by atoms with Crippen molar-refractivity contribution in [3.63, 3.8) is 0 Å². The topological polar surface area (TPSA) is 81.3 Å². The Morgan fingerprint density at radius 1 is 1.06 bits per heavy atom. The molecule has 0 radical (unpaired) electrons. The Morgan fingerprint density at radius 3 is 2.78 bits per heavy atom. The van der Waals surface area contributed by atoms with Gasteiger partial charge in [0.25, 0.3) is 5.22 Å². The third kappa shape index (κ3) is 4.24. The molecule has 7 heteroatoms. The van der Waals surface area contributed by atoms with E-state index in [0.29, 0.717) is 16.9 Å². The molecule has 3 heterocycles. The van der Waals surface area contributed by atoms with Crippen LogP contribution in [-0.4, -0.2) is 32.1 Å². The van der Waals surface area contributed by atoms with Crippen molar-refractivity contribution in [2.45, 2.75) is 24.2 Å². The van der Waals surface area contributed by atoms with Crippen molar-refractivity contribution in [3.8, 4) is 34.1 Å². The molecule has 1 atom stereocenters. The lowest BCUT2D eigenvalue weighted by Gasteiger charge is -2.09. The van der Waals surface area contributed by atoms with E-state index in [1.807, 2.05) is 42.5 Å². The van der Waals surface area contributed by atoms with Gasteiger partial charge in [-0.25, -0.2) is 0 Å². The average Bonchev–Trinajstić information content (AvgIpc) is 3.46. The van der Waals surface area contributed by atoms with Gasteiger partial charge in [-0.15, -0.1) is 16.8 Å². The Kier molecular flexibility index (Phi) is 5.64. The Hall–Kier alpha value is -3.58. The van der Waals surface area contributed by atoms with Crippen LogP contribution in [0.5, 0.6) is 11.5 Å². The SMILES string of the molecule is C=CCc1ccc(O)c(-c2ccc3c(c2)C[C@@H](CSc2nnc(-c4ccncc4)o2)O3)c1. The molecule has 1 aliphatic rings. The molecule has 0 saturated heterocycles. The van der Waals surface area contributed by atoms with Gasteiger partial charge in [-0.1, -0.05) is 30.0 Å². The van der Waals surface area contributed by atoms with Crippen LogP contribution in [0.1, 0.15) is 11.1 Å². The van der Waals surface area contributed by atoms with Gasteiger partial charge >= 0.3 is 0 Å². The van der Waals surface area contributed by atoms with Crippen molar-refractivity contribution in [2.24, 2.45) is 0 Å². The van der Waals surface area contributed by atoms with Crippen LogP contribution in [0.4, 0.5) is 0 Å². The van der Waals surface area contributed by atoms with Crippen molar-refractivity contribution in [2.75, 3.05) is 5.75 Å². The minimum Gasteiger partial charge on any atom is -0.507 e. The maximum atomic E-state index is 10.4. The van der Waals surface area contributed by atoms with Crippen molar-refractivity contribution >= 4 is 11.8 Å². The molecule has 2 aromatic heterocycles. The number of rotatable bonds is 7. The summed E-state index contributed by atoms with van der Waals surface area (Å²) in [5.41, 5.74) is 4.88. The Balaban J connectivity index is 1.26. The molecule has 4 aromatic rings. The van der Waals surface area contributed by atoms with Crippen molar-refractivity contribution in [3.05, 3.63) is 84.7 Å². The molecule has 160 valence electrons. The average molecular weight is 444 g/mol. The maximum Gasteiger partial charge on any atom is 0.276 e. The lowest BCUT2D eigenvalue weighted by atomic mass is 9.98. The number of hydrogen-bond acceptors (Lipinski definition) is 7. The molecule has 1 N–H and O–H groups in total. The van der Waals surface area contributed by atoms with Gasteiger partial charge in [0.05, 0.1) is 0 Å². The first-order valence-electron chi connectivity index (χ1n) is 10.3. The van der Waals surface area contributed by atoms with Crippen LogP contribution < -0.4 is 4.74 Å². The predicted octanol–water partition coefficient (Wildman–Crippen LogP) is 5.33. The second kappa shape index (κ2) is 8.88. The van der Waals surface area contributed by atoms with E-state index >= 15 is 0 Å². The van der Waals surface area contributed by atoms with Crippen LogP contribution in [0.2, 0.25) is 0 Å². The number of fused-ring (bicyclic) bond motifs is 1. The summed E-state index contributed by atoms with van der Waals surface area (Å²) in [5, 5.41) is 19.1. The summed E-state index contributed by atoms with van der Waals surface area (Å²) in [6, 6.07) is 15.4. The first-order chi connectivity index (χ1) is 15.7. The van der Waals surface area contributed by atoms with Crippen LogP contribution in [0.3, 0.4) is 0 Å². The highest BCUT2D eigenvalue weighted by Crippen LogP contribution is 2.37. The maximum absolute atomic E-state index is 10.4. The Morgan fingerprint density at radius 2 is 1.94 bits per heavy atom. The third-order valence-electron chi connectivity index (χ3n) is 5.28.